The van der Waals surface area contributed by atoms with E-state index in [4.69, 9.17) is 9.15 Å². The Morgan fingerprint density at radius 1 is 1.10 bits per heavy atom. The van der Waals surface area contributed by atoms with Gasteiger partial charge < -0.3 is 14.3 Å². The Labute approximate surface area is 181 Å². The van der Waals surface area contributed by atoms with Crippen LogP contribution in [0.25, 0.3) is 11.0 Å². The summed E-state index contributed by atoms with van der Waals surface area (Å²) in [6, 6.07) is 10.7. The Balaban J connectivity index is 1.48. The lowest BCUT2D eigenvalue weighted by molar-refractivity contribution is 0.0600. The molecule has 6 heteroatoms. The molecule has 1 fully saturated rings. The van der Waals surface area contributed by atoms with Crippen LogP contribution in [0.2, 0.25) is 0 Å². The van der Waals surface area contributed by atoms with E-state index in [2.05, 4.69) is 4.90 Å². The maximum atomic E-state index is 12.9. The van der Waals surface area contributed by atoms with Gasteiger partial charge in [-0.25, -0.2) is 4.79 Å². The number of carbonyl (C=O) groups excluding carboxylic acids is 1. The molecule has 3 aromatic rings. The number of aryl methyl sites for hydroxylation is 1. The summed E-state index contributed by atoms with van der Waals surface area (Å²) in [6.45, 7) is 6.20. The third kappa shape index (κ3) is 4.08. The van der Waals surface area contributed by atoms with Crippen LogP contribution in [0.1, 0.15) is 51.6 Å². The number of likely N-dealkylation sites (tertiary alicyclic amines) is 1. The molecule has 0 aliphatic carbocycles. The van der Waals surface area contributed by atoms with Gasteiger partial charge in [0.15, 0.2) is 5.43 Å². The van der Waals surface area contributed by atoms with Gasteiger partial charge in [-0.15, -0.1) is 0 Å². The van der Waals surface area contributed by atoms with Gasteiger partial charge in [0.2, 0.25) is 0 Å². The first kappa shape index (κ1) is 21.1. The number of ether oxygens (including phenoxy) is 1. The molecule has 4 rings (SSSR count). The van der Waals surface area contributed by atoms with Crippen molar-refractivity contribution in [1.29, 1.82) is 0 Å². The third-order valence-electron chi connectivity index (χ3n) is 6.28. The fourth-order valence-corrected chi connectivity index (χ4v) is 4.36. The van der Waals surface area contributed by atoms with E-state index in [0.717, 1.165) is 43.8 Å². The van der Waals surface area contributed by atoms with Gasteiger partial charge in [0.25, 0.3) is 0 Å². The number of methoxy groups -OCH3 is 1. The highest BCUT2D eigenvalue weighted by Crippen LogP contribution is 2.34. The summed E-state index contributed by atoms with van der Waals surface area (Å²) in [5, 5.41) is 10.5. The molecule has 1 aliphatic heterocycles. The SMILES string of the molecule is COC(=O)c1ccc(CN2CCC(c3oc4c(C)c(O)ccc4c(=O)c3C)CC2)cc1. The molecule has 0 atom stereocenters. The van der Waals surface area contributed by atoms with Crippen molar-refractivity contribution in [3.05, 3.63) is 74.6 Å². The molecule has 1 aliphatic rings. The van der Waals surface area contributed by atoms with E-state index in [-0.39, 0.29) is 23.1 Å². The van der Waals surface area contributed by atoms with Crippen molar-refractivity contribution < 1.29 is 19.1 Å². The highest BCUT2D eigenvalue weighted by molar-refractivity contribution is 5.89. The molecule has 0 saturated carbocycles. The zero-order chi connectivity index (χ0) is 22.1. The summed E-state index contributed by atoms with van der Waals surface area (Å²) in [6.07, 6.45) is 1.79. The van der Waals surface area contributed by atoms with E-state index >= 15 is 0 Å². The van der Waals surface area contributed by atoms with Crippen LogP contribution >= 0.6 is 0 Å². The number of esters is 1. The van der Waals surface area contributed by atoms with Gasteiger partial charge in [-0.1, -0.05) is 12.1 Å². The van der Waals surface area contributed by atoms with Gasteiger partial charge in [0.1, 0.15) is 17.1 Å². The van der Waals surface area contributed by atoms with E-state index in [0.29, 0.717) is 27.7 Å². The van der Waals surface area contributed by atoms with E-state index in [9.17, 15) is 14.7 Å². The molecule has 0 spiro atoms. The Kier molecular flexibility index (Phi) is 5.83. The van der Waals surface area contributed by atoms with Crippen LogP contribution in [0, 0.1) is 13.8 Å². The second-order valence-electron chi connectivity index (χ2n) is 8.25. The Morgan fingerprint density at radius 3 is 2.42 bits per heavy atom. The van der Waals surface area contributed by atoms with Crippen LogP contribution < -0.4 is 5.43 Å². The Bertz CT molecular complexity index is 1170. The molecule has 2 aromatic carbocycles. The first-order valence-electron chi connectivity index (χ1n) is 10.5. The monoisotopic (exact) mass is 421 g/mol. The highest BCUT2D eigenvalue weighted by Gasteiger charge is 2.26. The van der Waals surface area contributed by atoms with Crippen molar-refractivity contribution in [3.8, 4) is 5.75 Å². The lowest BCUT2D eigenvalue weighted by atomic mass is 9.91. The second-order valence-corrected chi connectivity index (χ2v) is 8.25. The number of benzene rings is 2. The maximum absolute atomic E-state index is 12.9. The number of aromatic hydroxyl groups is 1. The number of hydrogen-bond donors (Lipinski definition) is 1. The van der Waals surface area contributed by atoms with E-state index in [1.54, 1.807) is 31.2 Å². The second kappa shape index (κ2) is 8.55. The molecule has 0 amide bonds. The van der Waals surface area contributed by atoms with Crippen molar-refractivity contribution in [2.45, 2.75) is 39.2 Å². The van der Waals surface area contributed by atoms with Gasteiger partial charge in [0, 0.05) is 23.6 Å². The summed E-state index contributed by atoms with van der Waals surface area (Å²) in [5.41, 5.74) is 3.42. The van der Waals surface area contributed by atoms with Crippen molar-refractivity contribution in [3.63, 3.8) is 0 Å². The fourth-order valence-electron chi connectivity index (χ4n) is 4.36. The molecule has 2 heterocycles. The van der Waals surface area contributed by atoms with E-state index < -0.39 is 0 Å². The largest absolute Gasteiger partial charge is 0.508 e. The first-order chi connectivity index (χ1) is 14.9. The van der Waals surface area contributed by atoms with Crippen LogP contribution in [0.3, 0.4) is 0 Å². The topological polar surface area (TPSA) is 80.0 Å². The Morgan fingerprint density at radius 2 is 1.77 bits per heavy atom. The molecular weight excluding hydrogens is 394 g/mol. The summed E-state index contributed by atoms with van der Waals surface area (Å²) in [4.78, 5) is 26.8. The number of phenolic OH excluding ortho intramolecular Hbond substituents is 1. The molecule has 6 nitrogen and oxygen atoms in total. The summed E-state index contributed by atoms with van der Waals surface area (Å²) in [7, 11) is 1.38. The highest BCUT2D eigenvalue weighted by atomic mass is 16.5. The lowest BCUT2D eigenvalue weighted by Crippen LogP contribution is -2.33. The minimum atomic E-state index is -0.330. The number of phenols is 1. The fraction of sp³-hybridized carbons (Fsp3) is 0.360. The van der Waals surface area contributed by atoms with Crippen LogP contribution in [-0.4, -0.2) is 36.2 Å². The normalized spacial score (nSPS) is 15.3. The molecule has 0 bridgehead atoms. The number of piperidine rings is 1. The molecule has 31 heavy (non-hydrogen) atoms. The van der Waals surface area contributed by atoms with Crippen molar-refractivity contribution in [2.24, 2.45) is 0 Å². The smallest absolute Gasteiger partial charge is 0.337 e. The van der Waals surface area contributed by atoms with Crippen LogP contribution in [0.15, 0.2) is 45.6 Å². The molecular formula is C25H27NO5. The average molecular weight is 421 g/mol. The van der Waals surface area contributed by atoms with Crippen LogP contribution in [0.5, 0.6) is 5.75 Å². The van der Waals surface area contributed by atoms with Crippen molar-refractivity contribution in [1.82, 2.24) is 4.90 Å². The number of nitrogens with zero attached hydrogens (tertiary/aromatic N) is 1. The Hall–Kier alpha value is -3.12. The standard InChI is InChI=1S/C25H27NO5/c1-15-21(27)9-8-20-22(28)16(2)23(31-24(15)20)18-10-12-26(13-11-18)14-17-4-6-19(7-5-17)25(29)30-3/h4-9,18,27H,10-14H2,1-3H3. The lowest BCUT2D eigenvalue weighted by Gasteiger charge is -2.32. The van der Waals surface area contributed by atoms with Gasteiger partial charge in [-0.3, -0.25) is 9.69 Å². The number of carbonyl (C=O) groups is 1. The van der Waals surface area contributed by atoms with E-state index in [1.807, 2.05) is 19.1 Å². The molecule has 1 N–H and O–H groups in total. The maximum Gasteiger partial charge on any atom is 0.337 e. The first-order valence-corrected chi connectivity index (χ1v) is 10.5. The van der Waals surface area contributed by atoms with Gasteiger partial charge in [-0.2, -0.15) is 0 Å². The molecule has 0 radical (unpaired) electrons. The minimum absolute atomic E-state index is 0.0209. The molecule has 162 valence electrons. The average Bonchev–Trinajstić information content (AvgIpc) is 2.79. The zero-order valence-corrected chi connectivity index (χ0v) is 18.1. The zero-order valence-electron chi connectivity index (χ0n) is 18.1. The molecule has 1 aromatic heterocycles. The third-order valence-corrected chi connectivity index (χ3v) is 6.28. The van der Waals surface area contributed by atoms with Crippen LogP contribution in [-0.2, 0) is 11.3 Å². The number of fused-ring (bicyclic) bond motifs is 1. The number of rotatable bonds is 4. The summed E-state index contributed by atoms with van der Waals surface area (Å²) < 4.78 is 10.9. The number of hydrogen-bond acceptors (Lipinski definition) is 6. The van der Waals surface area contributed by atoms with Crippen molar-refractivity contribution in [2.75, 3.05) is 20.2 Å². The van der Waals surface area contributed by atoms with Gasteiger partial charge in [0.05, 0.1) is 18.1 Å². The van der Waals surface area contributed by atoms with Gasteiger partial charge >= 0.3 is 5.97 Å². The summed E-state index contributed by atoms with van der Waals surface area (Å²) in [5.74, 6) is 0.728. The van der Waals surface area contributed by atoms with Gasteiger partial charge in [-0.05, 0) is 69.6 Å². The van der Waals surface area contributed by atoms with E-state index in [1.165, 1.54) is 7.11 Å². The van der Waals surface area contributed by atoms with Crippen LogP contribution in [0.4, 0.5) is 0 Å². The minimum Gasteiger partial charge on any atom is -0.508 e. The predicted octanol–water partition coefficient (Wildman–Crippen LogP) is 4.28. The molecule has 0 unspecified atom stereocenters. The summed E-state index contributed by atoms with van der Waals surface area (Å²) >= 11 is 0. The quantitative estimate of drug-likeness (QED) is 0.634. The predicted molar refractivity (Wildman–Crippen MR) is 119 cm³/mol. The molecule has 1 saturated heterocycles. The van der Waals surface area contributed by atoms with Crippen molar-refractivity contribution >= 4 is 16.9 Å².